The van der Waals surface area contributed by atoms with Crippen molar-refractivity contribution < 1.29 is 4.39 Å². The molecule has 0 amide bonds. The highest BCUT2D eigenvalue weighted by Gasteiger charge is 2.27. The van der Waals surface area contributed by atoms with Crippen LogP contribution in [0.3, 0.4) is 0 Å². The van der Waals surface area contributed by atoms with Gasteiger partial charge in [-0.05, 0) is 56.0 Å². The van der Waals surface area contributed by atoms with Crippen LogP contribution in [0.15, 0.2) is 24.3 Å². The van der Waals surface area contributed by atoms with Crippen LogP contribution in [0, 0.1) is 11.7 Å². The van der Waals surface area contributed by atoms with Crippen molar-refractivity contribution in [2.75, 3.05) is 13.6 Å². The minimum atomic E-state index is -0.137. The SMILES string of the molecule is CNCC1CCCC1c1ccc(F)cc1. The van der Waals surface area contributed by atoms with Crippen LogP contribution in [0.25, 0.3) is 0 Å². The Morgan fingerprint density at radius 3 is 2.67 bits per heavy atom. The maximum atomic E-state index is 12.8. The van der Waals surface area contributed by atoms with Crippen LogP contribution >= 0.6 is 0 Å². The highest BCUT2D eigenvalue weighted by molar-refractivity contribution is 5.22. The summed E-state index contributed by atoms with van der Waals surface area (Å²) in [5, 5.41) is 3.25. The van der Waals surface area contributed by atoms with Crippen LogP contribution in [-0.4, -0.2) is 13.6 Å². The fourth-order valence-electron chi connectivity index (χ4n) is 2.69. The van der Waals surface area contributed by atoms with E-state index in [-0.39, 0.29) is 5.82 Å². The first kappa shape index (κ1) is 10.6. The van der Waals surface area contributed by atoms with E-state index in [1.54, 1.807) is 12.1 Å². The van der Waals surface area contributed by atoms with Crippen molar-refractivity contribution in [1.29, 1.82) is 0 Å². The summed E-state index contributed by atoms with van der Waals surface area (Å²) >= 11 is 0. The molecule has 1 aliphatic carbocycles. The zero-order chi connectivity index (χ0) is 10.7. The van der Waals surface area contributed by atoms with Gasteiger partial charge in [-0.2, -0.15) is 0 Å². The minimum Gasteiger partial charge on any atom is -0.319 e. The molecule has 0 radical (unpaired) electrons. The maximum absolute atomic E-state index is 12.8. The monoisotopic (exact) mass is 207 g/mol. The number of nitrogens with one attached hydrogen (secondary N) is 1. The van der Waals surface area contributed by atoms with Gasteiger partial charge >= 0.3 is 0 Å². The van der Waals surface area contributed by atoms with Gasteiger partial charge in [0, 0.05) is 0 Å². The molecule has 0 bridgehead atoms. The second-order valence-corrected chi connectivity index (χ2v) is 4.41. The van der Waals surface area contributed by atoms with Gasteiger partial charge in [0.05, 0.1) is 0 Å². The fraction of sp³-hybridized carbons (Fsp3) is 0.538. The van der Waals surface area contributed by atoms with Crippen LogP contribution in [0.2, 0.25) is 0 Å². The van der Waals surface area contributed by atoms with Crippen molar-refractivity contribution in [3.05, 3.63) is 35.6 Å². The Labute approximate surface area is 90.7 Å². The quantitative estimate of drug-likeness (QED) is 0.803. The van der Waals surface area contributed by atoms with Crippen LogP contribution in [0.5, 0.6) is 0 Å². The average molecular weight is 207 g/mol. The van der Waals surface area contributed by atoms with Crippen LogP contribution in [-0.2, 0) is 0 Å². The van der Waals surface area contributed by atoms with Crippen molar-refractivity contribution in [2.24, 2.45) is 5.92 Å². The summed E-state index contributed by atoms with van der Waals surface area (Å²) in [5.74, 6) is 1.21. The molecule has 0 spiro atoms. The molecular formula is C13H18FN. The van der Waals surface area contributed by atoms with E-state index in [1.807, 2.05) is 19.2 Å². The lowest BCUT2D eigenvalue weighted by atomic mass is 9.89. The zero-order valence-electron chi connectivity index (χ0n) is 9.17. The molecule has 82 valence electrons. The molecule has 1 saturated carbocycles. The van der Waals surface area contributed by atoms with Crippen molar-refractivity contribution in [2.45, 2.75) is 25.2 Å². The molecule has 1 aromatic rings. The molecule has 1 nitrogen and oxygen atoms in total. The van der Waals surface area contributed by atoms with E-state index < -0.39 is 0 Å². The number of hydrogen-bond donors (Lipinski definition) is 1. The van der Waals surface area contributed by atoms with E-state index in [1.165, 1.54) is 24.8 Å². The summed E-state index contributed by atoms with van der Waals surface area (Å²) < 4.78 is 12.8. The van der Waals surface area contributed by atoms with E-state index in [2.05, 4.69) is 5.32 Å². The van der Waals surface area contributed by atoms with Crippen molar-refractivity contribution in [1.82, 2.24) is 5.32 Å². The molecule has 0 aliphatic heterocycles. The van der Waals surface area contributed by atoms with Gasteiger partial charge < -0.3 is 5.32 Å². The van der Waals surface area contributed by atoms with Gasteiger partial charge in [-0.15, -0.1) is 0 Å². The molecule has 2 atom stereocenters. The summed E-state index contributed by atoms with van der Waals surface area (Å²) in [6.07, 6.45) is 3.84. The molecule has 0 aromatic heterocycles. The van der Waals surface area contributed by atoms with Gasteiger partial charge in [0.25, 0.3) is 0 Å². The largest absolute Gasteiger partial charge is 0.319 e. The predicted octanol–water partition coefficient (Wildman–Crippen LogP) is 2.93. The summed E-state index contributed by atoms with van der Waals surface area (Å²) in [4.78, 5) is 0. The number of rotatable bonds is 3. The van der Waals surface area contributed by atoms with E-state index in [0.717, 1.165) is 12.5 Å². The standard InChI is InChI=1S/C13H18FN/c1-15-9-11-3-2-4-13(11)10-5-7-12(14)8-6-10/h5-8,11,13,15H,2-4,9H2,1H3. The number of hydrogen-bond acceptors (Lipinski definition) is 1. The van der Waals surface area contributed by atoms with E-state index in [0.29, 0.717) is 5.92 Å². The first-order valence-corrected chi connectivity index (χ1v) is 5.71. The van der Waals surface area contributed by atoms with Gasteiger partial charge in [-0.25, -0.2) is 4.39 Å². The van der Waals surface area contributed by atoms with Crippen LogP contribution < -0.4 is 5.32 Å². The molecule has 1 aliphatic rings. The van der Waals surface area contributed by atoms with Gasteiger partial charge in [-0.3, -0.25) is 0 Å². The highest BCUT2D eigenvalue weighted by Crippen LogP contribution is 2.39. The van der Waals surface area contributed by atoms with Crippen molar-refractivity contribution in [3.63, 3.8) is 0 Å². The Kier molecular flexibility index (Phi) is 3.37. The van der Waals surface area contributed by atoms with E-state index in [9.17, 15) is 4.39 Å². The normalized spacial score (nSPS) is 25.7. The Morgan fingerprint density at radius 2 is 2.00 bits per heavy atom. The summed E-state index contributed by atoms with van der Waals surface area (Å²) in [6.45, 7) is 1.07. The third-order valence-electron chi connectivity index (χ3n) is 3.42. The van der Waals surface area contributed by atoms with E-state index >= 15 is 0 Å². The van der Waals surface area contributed by atoms with Crippen LogP contribution in [0.4, 0.5) is 4.39 Å². The molecule has 2 heteroatoms. The Morgan fingerprint density at radius 1 is 1.27 bits per heavy atom. The number of benzene rings is 1. The predicted molar refractivity (Wildman–Crippen MR) is 60.4 cm³/mol. The number of halogens is 1. The smallest absolute Gasteiger partial charge is 0.123 e. The highest BCUT2D eigenvalue weighted by atomic mass is 19.1. The lowest BCUT2D eigenvalue weighted by Gasteiger charge is -2.19. The zero-order valence-corrected chi connectivity index (χ0v) is 9.17. The van der Waals surface area contributed by atoms with Gasteiger partial charge in [0.1, 0.15) is 5.82 Å². The Balaban J connectivity index is 2.11. The average Bonchev–Trinajstić information content (AvgIpc) is 2.68. The minimum absolute atomic E-state index is 0.137. The lowest BCUT2D eigenvalue weighted by molar-refractivity contribution is 0.462. The molecule has 1 aromatic carbocycles. The summed E-state index contributed by atoms with van der Waals surface area (Å²) in [5.41, 5.74) is 1.30. The molecule has 15 heavy (non-hydrogen) atoms. The van der Waals surface area contributed by atoms with Crippen LogP contribution in [0.1, 0.15) is 30.7 Å². The van der Waals surface area contributed by atoms with Gasteiger partial charge in [-0.1, -0.05) is 18.6 Å². The van der Waals surface area contributed by atoms with Crippen molar-refractivity contribution in [3.8, 4) is 0 Å². The molecule has 1 fully saturated rings. The second-order valence-electron chi connectivity index (χ2n) is 4.41. The third kappa shape index (κ3) is 2.37. The summed E-state index contributed by atoms with van der Waals surface area (Å²) in [7, 11) is 2.00. The molecular weight excluding hydrogens is 189 g/mol. The second kappa shape index (κ2) is 4.75. The van der Waals surface area contributed by atoms with Gasteiger partial charge in [0.15, 0.2) is 0 Å². The van der Waals surface area contributed by atoms with E-state index in [4.69, 9.17) is 0 Å². The lowest BCUT2D eigenvalue weighted by Crippen LogP contribution is -2.20. The summed E-state index contributed by atoms with van der Waals surface area (Å²) in [6, 6.07) is 7.02. The molecule has 2 unspecified atom stereocenters. The topological polar surface area (TPSA) is 12.0 Å². The molecule has 1 N–H and O–H groups in total. The maximum Gasteiger partial charge on any atom is 0.123 e. The van der Waals surface area contributed by atoms with Gasteiger partial charge in [0.2, 0.25) is 0 Å². The molecule has 0 heterocycles. The fourth-order valence-corrected chi connectivity index (χ4v) is 2.69. The third-order valence-corrected chi connectivity index (χ3v) is 3.42. The van der Waals surface area contributed by atoms with Crippen molar-refractivity contribution >= 4 is 0 Å². The Hall–Kier alpha value is -0.890. The first-order valence-electron chi connectivity index (χ1n) is 5.71. The Bertz CT molecular complexity index is 307. The molecule has 2 rings (SSSR count). The molecule has 0 saturated heterocycles. The first-order chi connectivity index (χ1) is 7.31.